The average Bonchev–Trinajstić information content (AvgIpc) is 3.12. The third kappa shape index (κ3) is 5.73. The molecular formula is C30H38N2O5. The Labute approximate surface area is 219 Å². The number of morpholine rings is 1. The van der Waals surface area contributed by atoms with Crippen LogP contribution in [0.1, 0.15) is 56.0 Å². The highest BCUT2D eigenvalue weighted by Crippen LogP contribution is 2.40. The molecule has 0 spiro atoms. The second kappa shape index (κ2) is 11.1. The molecule has 2 heterocycles. The van der Waals surface area contributed by atoms with Gasteiger partial charge in [0.05, 0.1) is 31.4 Å². The third-order valence-electron chi connectivity index (χ3n) is 7.16. The van der Waals surface area contributed by atoms with Crippen molar-refractivity contribution in [1.82, 2.24) is 9.80 Å². The van der Waals surface area contributed by atoms with Crippen LogP contribution in [0.4, 0.5) is 0 Å². The lowest BCUT2D eigenvalue weighted by atomic mass is 9.85. The Balaban J connectivity index is 1.76. The summed E-state index contributed by atoms with van der Waals surface area (Å²) < 4.78 is 11.0. The van der Waals surface area contributed by atoms with E-state index >= 15 is 0 Å². The SMILES string of the molecule is CCOc1ccc(C(O)=C2C(=O)C(=O)N(CCN3CCOCC3)[C@H]2c2ccc(C(C)(C)C)cc2)c(C)c1. The van der Waals surface area contributed by atoms with Gasteiger partial charge in [0.25, 0.3) is 11.7 Å². The van der Waals surface area contributed by atoms with Crippen LogP contribution in [0.5, 0.6) is 5.75 Å². The average molecular weight is 507 g/mol. The molecule has 2 aromatic carbocycles. The van der Waals surface area contributed by atoms with Crippen molar-refractivity contribution >= 4 is 17.4 Å². The number of hydrogen-bond donors (Lipinski definition) is 1. The van der Waals surface area contributed by atoms with Gasteiger partial charge in [-0.1, -0.05) is 45.0 Å². The quantitative estimate of drug-likeness (QED) is 0.340. The fourth-order valence-corrected chi connectivity index (χ4v) is 5.00. The van der Waals surface area contributed by atoms with Crippen LogP contribution in [0.25, 0.3) is 5.76 Å². The van der Waals surface area contributed by atoms with Crippen LogP contribution in [0.3, 0.4) is 0 Å². The van der Waals surface area contributed by atoms with Crippen LogP contribution in [0.2, 0.25) is 0 Å². The Morgan fingerprint density at radius 2 is 1.73 bits per heavy atom. The van der Waals surface area contributed by atoms with Crippen LogP contribution in [-0.2, 0) is 19.7 Å². The van der Waals surface area contributed by atoms with Gasteiger partial charge in [0, 0.05) is 31.7 Å². The van der Waals surface area contributed by atoms with Gasteiger partial charge < -0.3 is 19.5 Å². The molecule has 0 aliphatic carbocycles. The molecule has 198 valence electrons. The van der Waals surface area contributed by atoms with Gasteiger partial charge >= 0.3 is 0 Å². The first-order valence-corrected chi connectivity index (χ1v) is 13.0. The molecule has 1 amide bonds. The van der Waals surface area contributed by atoms with Gasteiger partial charge in [0.2, 0.25) is 0 Å². The Morgan fingerprint density at radius 3 is 2.32 bits per heavy atom. The van der Waals surface area contributed by atoms with E-state index in [1.807, 2.05) is 44.2 Å². The lowest BCUT2D eigenvalue weighted by molar-refractivity contribution is -0.140. The zero-order valence-corrected chi connectivity index (χ0v) is 22.5. The minimum atomic E-state index is -0.666. The molecule has 2 aliphatic rings. The number of Topliss-reactive ketones (excluding diaryl/α,β-unsaturated/α-hetero) is 1. The third-order valence-corrected chi connectivity index (χ3v) is 7.16. The molecule has 7 nitrogen and oxygen atoms in total. The highest BCUT2D eigenvalue weighted by Gasteiger charge is 2.46. The monoisotopic (exact) mass is 506 g/mol. The van der Waals surface area contributed by atoms with Crippen molar-refractivity contribution in [1.29, 1.82) is 0 Å². The molecule has 0 saturated carbocycles. The van der Waals surface area contributed by atoms with Crippen molar-refractivity contribution < 1.29 is 24.2 Å². The van der Waals surface area contributed by atoms with E-state index in [1.165, 1.54) is 0 Å². The van der Waals surface area contributed by atoms with Crippen molar-refractivity contribution in [3.05, 3.63) is 70.3 Å². The zero-order chi connectivity index (χ0) is 26.7. The number of hydrogen-bond acceptors (Lipinski definition) is 6. The van der Waals surface area contributed by atoms with Crippen LogP contribution in [0.15, 0.2) is 48.0 Å². The molecule has 2 saturated heterocycles. The molecule has 1 N–H and O–H groups in total. The number of ether oxygens (including phenoxy) is 2. The number of ketones is 1. The minimum Gasteiger partial charge on any atom is -0.507 e. The molecule has 37 heavy (non-hydrogen) atoms. The molecule has 0 bridgehead atoms. The number of benzene rings is 2. The van der Waals surface area contributed by atoms with Gasteiger partial charge in [-0.15, -0.1) is 0 Å². The topological polar surface area (TPSA) is 79.3 Å². The van der Waals surface area contributed by atoms with Crippen molar-refractivity contribution in [3.8, 4) is 5.75 Å². The molecule has 2 aliphatic heterocycles. The first kappa shape index (κ1) is 26.9. The van der Waals surface area contributed by atoms with Crippen LogP contribution in [-0.4, -0.2) is 72.6 Å². The summed E-state index contributed by atoms with van der Waals surface area (Å²) in [5.41, 5.74) is 3.34. The molecule has 7 heteroatoms. The number of amides is 1. The molecule has 0 aromatic heterocycles. The maximum atomic E-state index is 13.4. The molecule has 4 rings (SSSR count). The van der Waals surface area contributed by atoms with Gasteiger partial charge in [0.15, 0.2) is 0 Å². The Kier molecular flexibility index (Phi) is 8.05. The van der Waals surface area contributed by atoms with E-state index < -0.39 is 17.7 Å². The summed E-state index contributed by atoms with van der Waals surface area (Å²) in [4.78, 5) is 30.6. The molecule has 2 aromatic rings. The lowest BCUT2D eigenvalue weighted by Gasteiger charge is -2.31. The molecule has 2 fully saturated rings. The summed E-state index contributed by atoms with van der Waals surface area (Å²) in [6, 6.07) is 12.7. The number of carbonyl (C=O) groups is 2. The number of aliphatic hydroxyl groups is 1. The summed E-state index contributed by atoms with van der Waals surface area (Å²) in [6.45, 7) is 14.7. The van der Waals surface area contributed by atoms with Crippen molar-refractivity contribution in [2.75, 3.05) is 46.0 Å². The maximum Gasteiger partial charge on any atom is 0.295 e. The Morgan fingerprint density at radius 1 is 1.05 bits per heavy atom. The van der Waals surface area contributed by atoms with Crippen LogP contribution < -0.4 is 4.74 Å². The second-order valence-corrected chi connectivity index (χ2v) is 10.7. The van der Waals surface area contributed by atoms with E-state index in [1.54, 1.807) is 17.0 Å². The fraction of sp³-hybridized carbons (Fsp3) is 0.467. The Bertz CT molecular complexity index is 1170. The largest absolute Gasteiger partial charge is 0.507 e. The Hall–Kier alpha value is -3.16. The number of aliphatic hydroxyl groups excluding tert-OH is 1. The van der Waals surface area contributed by atoms with Crippen molar-refractivity contribution in [2.45, 2.75) is 46.1 Å². The second-order valence-electron chi connectivity index (χ2n) is 10.7. The predicted molar refractivity (Wildman–Crippen MR) is 144 cm³/mol. The highest BCUT2D eigenvalue weighted by atomic mass is 16.5. The van der Waals surface area contributed by atoms with Crippen LogP contribution >= 0.6 is 0 Å². The predicted octanol–water partition coefficient (Wildman–Crippen LogP) is 4.45. The summed E-state index contributed by atoms with van der Waals surface area (Å²) >= 11 is 0. The standard InChI is InChI=1S/C30H38N2O5/c1-6-37-23-11-12-24(20(2)19-23)27(33)25-26(21-7-9-22(10-8-21)30(3,4)5)32(29(35)28(25)34)14-13-31-15-17-36-18-16-31/h7-12,19,26,33H,6,13-18H2,1-5H3/t26-/m0/s1. The van der Waals surface area contributed by atoms with Crippen molar-refractivity contribution in [2.24, 2.45) is 0 Å². The zero-order valence-electron chi connectivity index (χ0n) is 22.5. The number of likely N-dealkylation sites (tertiary alicyclic amines) is 1. The molecule has 0 unspecified atom stereocenters. The van der Waals surface area contributed by atoms with Gasteiger partial charge in [-0.05, 0) is 54.2 Å². The van der Waals surface area contributed by atoms with E-state index in [0.29, 0.717) is 44.2 Å². The van der Waals surface area contributed by atoms with Gasteiger partial charge in [-0.2, -0.15) is 0 Å². The summed E-state index contributed by atoms with van der Waals surface area (Å²) in [5, 5.41) is 11.5. The highest BCUT2D eigenvalue weighted by molar-refractivity contribution is 6.46. The minimum absolute atomic E-state index is 0.0317. The van der Waals surface area contributed by atoms with E-state index in [9.17, 15) is 14.7 Å². The van der Waals surface area contributed by atoms with E-state index in [2.05, 4.69) is 25.7 Å². The lowest BCUT2D eigenvalue weighted by Crippen LogP contribution is -2.42. The maximum absolute atomic E-state index is 13.4. The number of aryl methyl sites for hydroxylation is 1. The fourth-order valence-electron chi connectivity index (χ4n) is 5.00. The smallest absolute Gasteiger partial charge is 0.295 e. The summed E-state index contributed by atoms with van der Waals surface area (Å²) in [7, 11) is 0. The molecule has 0 radical (unpaired) electrons. The molecule has 1 atom stereocenters. The van der Waals surface area contributed by atoms with E-state index in [4.69, 9.17) is 9.47 Å². The first-order chi connectivity index (χ1) is 17.6. The van der Waals surface area contributed by atoms with E-state index in [-0.39, 0.29) is 16.7 Å². The number of nitrogens with zero attached hydrogens (tertiary/aromatic N) is 2. The van der Waals surface area contributed by atoms with Gasteiger partial charge in [0.1, 0.15) is 11.5 Å². The summed E-state index contributed by atoms with van der Waals surface area (Å²) in [5.74, 6) is -0.699. The van der Waals surface area contributed by atoms with Gasteiger partial charge in [-0.3, -0.25) is 14.5 Å². The first-order valence-electron chi connectivity index (χ1n) is 13.0. The van der Waals surface area contributed by atoms with Crippen LogP contribution in [0, 0.1) is 6.92 Å². The van der Waals surface area contributed by atoms with Crippen molar-refractivity contribution in [3.63, 3.8) is 0 Å². The van der Waals surface area contributed by atoms with E-state index in [0.717, 1.165) is 29.8 Å². The molecular weight excluding hydrogens is 468 g/mol. The number of rotatable bonds is 7. The normalized spacial score (nSPS) is 20.5. The summed E-state index contributed by atoms with van der Waals surface area (Å²) in [6.07, 6.45) is 0. The number of carbonyl (C=O) groups excluding carboxylic acids is 2. The van der Waals surface area contributed by atoms with Gasteiger partial charge in [-0.25, -0.2) is 0 Å².